The molecule has 0 N–H and O–H groups in total. The number of likely N-dealkylation sites (N-methyl/N-ethyl adjacent to an activating group) is 2. The highest BCUT2D eigenvalue weighted by atomic mass is 32.1. The van der Waals surface area contributed by atoms with E-state index in [9.17, 15) is 0 Å². The smallest absolute Gasteiger partial charge is 0.0233 e. The van der Waals surface area contributed by atoms with Gasteiger partial charge in [0.15, 0.2) is 0 Å². The van der Waals surface area contributed by atoms with Gasteiger partial charge in [-0.15, -0.1) is 0 Å². The lowest BCUT2D eigenvalue weighted by Gasteiger charge is -2.24. The second-order valence-corrected chi connectivity index (χ2v) is 9.53. The summed E-state index contributed by atoms with van der Waals surface area (Å²) in [5.41, 5.74) is 3.91. The van der Waals surface area contributed by atoms with Crippen LogP contribution in [0.4, 0.5) is 0 Å². The van der Waals surface area contributed by atoms with E-state index < -0.39 is 0 Å². The average Bonchev–Trinajstić information content (AvgIpc) is 3.28. The molecule has 166 valence electrons. The summed E-state index contributed by atoms with van der Waals surface area (Å²) in [5.74, 6) is 6.41. The van der Waals surface area contributed by atoms with Gasteiger partial charge in [-0.25, -0.2) is 0 Å². The van der Waals surface area contributed by atoms with Crippen molar-refractivity contribution in [1.82, 2.24) is 9.80 Å². The number of thiophene rings is 1. The Kier molecular flexibility index (Phi) is 10.8. The van der Waals surface area contributed by atoms with Crippen molar-refractivity contribution in [2.75, 3.05) is 39.3 Å². The predicted octanol–water partition coefficient (Wildman–Crippen LogP) is 6.68. The fraction of sp³-hybridized carbons (Fsp3) is 0.429. The molecule has 0 aliphatic carbocycles. The Bertz CT molecular complexity index is 876. The number of rotatable bonds is 11. The second kappa shape index (κ2) is 13.3. The van der Waals surface area contributed by atoms with E-state index in [2.05, 4.69) is 116 Å². The molecule has 0 radical (unpaired) electrons. The first-order chi connectivity index (χ1) is 14.9. The molecule has 3 heteroatoms. The predicted molar refractivity (Wildman–Crippen MR) is 139 cm³/mol. The molecule has 1 aromatic heterocycles. The van der Waals surface area contributed by atoms with E-state index in [0.717, 1.165) is 39.3 Å². The number of hydrogen-bond donors (Lipinski definition) is 0. The van der Waals surface area contributed by atoms with Gasteiger partial charge in [-0.1, -0.05) is 62.1 Å². The van der Waals surface area contributed by atoms with Crippen LogP contribution in [0.3, 0.4) is 0 Å². The molecule has 0 spiro atoms. The second-order valence-electron chi connectivity index (χ2n) is 8.75. The van der Waals surface area contributed by atoms with Gasteiger partial charge in [0.05, 0.1) is 0 Å². The molecule has 0 atom stereocenters. The Balaban J connectivity index is 1.81. The van der Waals surface area contributed by atoms with Crippen molar-refractivity contribution in [3.05, 3.63) is 64.9 Å². The van der Waals surface area contributed by atoms with Crippen LogP contribution in [0.1, 0.15) is 40.2 Å². The van der Waals surface area contributed by atoms with Crippen molar-refractivity contribution in [3.63, 3.8) is 0 Å². The zero-order valence-corrected chi connectivity index (χ0v) is 20.7. The third kappa shape index (κ3) is 10.2. The van der Waals surface area contributed by atoms with Crippen molar-refractivity contribution in [2.24, 2.45) is 5.41 Å². The highest BCUT2D eigenvalue weighted by molar-refractivity contribution is 7.08. The Morgan fingerprint density at radius 1 is 0.935 bits per heavy atom. The van der Waals surface area contributed by atoms with Crippen LogP contribution in [0.25, 0.3) is 17.2 Å². The molecule has 1 heterocycles. The fourth-order valence-corrected chi connectivity index (χ4v) is 3.81. The minimum absolute atomic E-state index is 0.0646. The largest absolute Gasteiger partial charge is 0.299 e. The first-order valence-corrected chi connectivity index (χ1v) is 12.3. The minimum Gasteiger partial charge on any atom is -0.299 e. The van der Waals surface area contributed by atoms with Crippen molar-refractivity contribution < 1.29 is 0 Å². The highest BCUT2D eigenvalue weighted by Crippen LogP contribution is 2.23. The molecule has 0 bridgehead atoms. The Labute approximate surface area is 194 Å². The summed E-state index contributed by atoms with van der Waals surface area (Å²) in [6.45, 7) is 17.1. The summed E-state index contributed by atoms with van der Waals surface area (Å²) in [7, 11) is 0. The van der Waals surface area contributed by atoms with Gasteiger partial charge in [-0.2, -0.15) is 11.3 Å². The molecular weight excluding hydrogens is 396 g/mol. The lowest BCUT2D eigenvalue weighted by molar-refractivity contribution is 0.241. The van der Waals surface area contributed by atoms with Crippen molar-refractivity contribution in [3.8, 4) is 23.0 Å². The first-order valence-electron chi connectivity index (χ1n) is 11.3. The molecule has 0 fully saturated rings. The van der Waals surface area contributed by atoms with Gasteiger partial charge in [-0.05, 0) is 79.5 Å². The van der Waals surface area contributed by atoms with Crippen LogP contribution in [0.2, 0.25) is 0 Å². The van der Waals surface area contributed by atoms with Crippen LogP contribution in [-0.4, -0.2) is 49.1 Å². The number of hydrogen-bond acceptors (Lipinski definition) is 3. The van der Waals surface area contributed by atoms with Gasteiger partial charge in [-0.3, -0.25) is 9.80 Å². The third-order valence-corrected chi connectivity index (χ3v) is 5.74. The highest BCUT2D eigenvalue weighted by Gasteiger charge is 2.05. The molecule has 0 saturated carbocycles. The Hall–Kier alpha value is -2.12. The summed E-state index contributed by atoms with van der Waals surface area (Å²) < 4.78 is 0. The summed E-state index contributed by atoms with van der Waals surface area (Å²) in [6, 6.07) is 10.9. The van der Waals surface area contributed by atoms with Crippen LogP contribution < -0.4 is 0 Å². The maximum absolute atomic E-state index is 3.25. The monoisotopic (exact) mass is 434 g/mol. The quantitative estimate of drug-likeness (QED) is 0.364. The van der Waals surface area contributed by atoms with Crippen molar-refractivity contribution >= 4 is 17.4 Å². The molecular formula is C28H38N2S. The van der Waals surface area contributed by atoms with Gasteiger partial charge in [0.25, 0.3) is 0 Å². The molecule has 2 rings (SSSR count). The van der Waals surface area contributed by atoms with Gasteiger partial charge < -0.3 is 0 Å². The standard InChI is InChI=1S/C28H38N2S/c1-6-29(18-10-8-9-17-28(3,4)5)20-21-30(7-2)19-12-14-25-13-11-15-26(23-25)27-16-22-31-24-27/h8,10-16,22-24H,6-7,18-21H2,1-5H3. The van der Waals surface area contributed by atoms with E-state index in [1.54, 1.807) is 11.3 Å². The van der Waals surface area contributed by atoms with Crippen LogP contribution >= 0.6 is 11.3 Å². The number of allylic oxidation sites excluding steroid dienone is 1. The van der Waals surface area contributed by atoms with Crippen LogP contribution in [0.5, 0.6) is 0 Å². The SMILES string of the molecule is CCN(CC=CC#CC(C)(C)C)CCN(CC)CC=Cc1cccc(-c2ccsc2)c1. The molecule has 0 aliphatic heterocycles. The maximum Gasteiger partial charge on any atom is 0.0233 e. The van der Waals surface area contributed by atoms with Gasteiger partial charge >= 0.3 is 0 Å². The summed E-state index contributed by atoms with van der Waals surface area (Å²) in [6.07, 6.45) is 8.71. The fourth-order valence-electron chi connectivity index (χ4n) is 3.15. The maximum atomic E-state index is 3.25. The molecule has 0 saturated heterocycles. The average molecular weight is 435 g/mol. The minimum atomic E-state index is 0.0646. The third-order valence-electron chi connectivity index (χ3n) is 5.05. The molecule has 31 heavy (non-hydrogen) atoms. The van der Waals surface area contributed by atoms with Crippen molar-refractivity contribution in [2.45, 2.75) is 34.6 Å². The summed E-state index contributed by atoms with van der Waals surface area (Å²) >= 11 is 1.74. The summed E-state index contributed by atoms with van der Waals surface area (Å²) in [4.78, 5) is 4.96. The topological polar surface area (TPSA) is 6.48 Å². The Morgan fingerprint density at radius 2 is 1.65 bits per heavy atom. The molecule has 0 aliphatic rings. The van der Waals surface area contributed by atoms with Gasteiger partial charge in [0.1, 0.15) is 0 Å². The number of nitrogens with zero attached hydrogens (tertiary/aromatic N) is 2. The van der Waals surface area contributed by atoms with E-state index in [0.29, 0.717) is 0 Å². The summed E-state index contributed by atoms with van der Waals surface area (Å²) in [5, 5.41) is 4.33. The van der Waals surface area contributed by atoms with Crippen LogP contribution in [0.15, 0.2) is 59.3 Å². The van der Waals surface area contributed by atoms with Crippen molar-refractivity contribution in [1.29, 1.82) is 0 Å². The van der Waals surface area contributed by atoms with Crippen LogP contribution in [0, 0.1) is 17.3 Å². The zero-order valence-electron chi connectivity index (χ0n) is 19.9. The lowest BCUT2D eigenvalue weighted by atomic mass is 9.98. The van der Waals surface area contributed by atoms with E-state index in [4.69, 9.17) is 0 Å². The lowest BCUT2D eigenvalue weighted by Crippen LogP contribution is -2.35. The van der Waals surface area contributed by atoms with E-state index in [1.165, 1.54) is 16.7 Å². The molecule has 0 unspecified atom stereocenters. The molecule has 2 nitrogen and oxygen atoms in total. The number of benzene rings is 1. The zero-order chi connectivity index (χ0) is 22.5. The normalized spacial score (nSPS) is 12.2. The first kappa shape index (κ1) is 25.1. The van der Waals surface area contributed by atoms with E-state index in [1.807, 2.05) is 6.08 Å². The van der Waals surface area contributed by atoms with Gasteiger partial charge in [0, 0.05) is 31.6 Å². The molecule has 0 amide bonds. The van der Waals surface area contributed by atoms with E-state index in [-0.39, 0.29) is 5.41 Å². The molecule has 1 aromatic carbocycles. The Morgan fingerprint density at radius 3 is 2.26 bits per heavy atom. The van der Waals surface area contributed by atoms with E-state index >= 15 is 0 Å². The molecule has 2 aromatic rings. The van der Waals surface area contributed by atoms with Gasteiger partial charge in [0.2, 0.25) is 0 Å². The van der Waals surface area contributed by atoms with Crippen LogP contribution in [-0.2, 0) is 0 Å².